The first-order valence-corrected chi connectivity index (χ1v) is 7.21. The fraction of sp³-hybridized carbons (Fsp3) is 0.625. The van der Waals surface area contributed by atoms with E-state index in [1.807, 2.05) is 0 Å². The monoisotopic (exact) mass is 282 g/mol. The number of halogens is 1. The average molecular weight is 283 g/mol. The minimum atomic E-state index is 0. The van der Waals surface area contributed by atoms with E-state index in [1.54, 1.807) is 0 Å². The van der Waals surface area contributed by atoms with E-state index >= 15 is 0 Å². The first-order chi connectivity index (χ1) is 8.66. The molecule has 1 heterocycles. The van der Waals surface area contributed by atoms with Crippen LogP contribution in [0.2, 0.25) is 0 Å². The molecule has 1 aliphatic rings. The highest BCUT2D eigenvalue weighted by atomic mass is 35.5. The van der Waals surface area contributed by atoms with Gasteiger partial charge in [-0.2, -0.15) is 0 Å². The zero-order valence-electron chi connectivity index (χ0n) is 12.4. The molecule has 0 radical (unpaired) electrons. The van der Waals surface area contributed by atoms with Crippen LogP contribution >= 0.6 is 12.4 Å². The summed E-state index contributed by atoms with van der Waals surface area (Å²) < 4.78 is 0. The number of aryl methyl sites for hydroxylation is 1. The summed E-state index contributed by atoms with van der Waals surface area (Å²) in [4.78, 5) is 2.56. The smallest absolute Gasteiger partial charge is 0.0371 e. The van der Waals surface area contributed by atoms with E-state index in [0.29, 0.717) is 6.04 Å². The van der Waals surface area contributed by atoms with Crippen molar-refractivity contribution in [2.75, 3.05) is 24.5 Å². The van der Waals surface area contributed by atoms with E-state index in [0.717, 1.165) is 5.92 Å². The summed E-state index contributed by atoms with van der Waals surface area (Å²) in [6.45, 7) is 10.3. The fourth-order valence-electron chi connectivity index (χ4n) is 2.76. The van der Waals surface area contributed by atoms with Crippen molar-refractivity contribution in [1.29, 1.82) is 0 Å². The van der Waals surface area contributed by atoms with Crippen molar-refractivity contribution in [2.45, 2.75) is 39.7 Å². The molecule has 1 saturated heterocycles. The van der Waals surface area contributed by atoms with Crippen molar-refractivity contribution in [3.63, 3.8) is 0 Å². The lowest BCUT2D eigenvalue weighted by Crippen LogP contribution is -2.39. The third-order valence-corrected chi connectivity index (χ3v) is 3.87. The second kappa shape index (κ2) is 7.76. The molecule has 3 heteroatoms. The summed E-state index contributed by atoms with van der Waals surface area (Å²) >= 11 is 0. The zero-order chi connectivity index (χ0) is 13.0. The van der Waals surface area contributed by atoms with Gasteiger partial charge in [0.15, 0.2) is 0 Å². The third kappa shape index (κ3) is 4.70. The van der Waals surface area contributed by atoms with Crippen molar-refractivity contribution < 1.29 is 0 Å². The standard InChI is InChI=1S/C16H26N2.ClH/c1-13(2)18(12-15-7-9-17-10-8-15)16-6-4-5-14(3)11-16;/h4-6,11,13,15,17H,7-10,12H2,1-3H3;1H. The van der Waals surface area contributed by atoms with Gasteiger partial charge in [-0.1, -0.05) is 12.1 Å². The second-order valence-corrected chi connectivity index (χ2v) is 5.78. The minimum absolute atomic E-state index is 0. The van der Waals surface area contributed by atoms with Crippen LogP contribution < -0.4 is 10.2 Å². The highest BCUT2D eigenvalue weighted by Crippen LogP contribution is 2.22. The van der Waals surface area contributed by atoms with E-state index in [4.69, 9.17) is 0 Å². The van der Waals surface area contributed by atoms with E-state index < -0.39 is 0 Å². The van der Waals surface area contributed by atoms with Gasteiger partial charge in [0.25, 0.3) is 0 Å². The predicted molar refractivity (Wildman–Crippen MR) is 86.5 cm³/mol. The lowest BCUT2D eigenvalue weighted by atomic mass is 9.96. The summed E-state index contributed by atoms with van der Waals surface area (Å²) in [5.41, 5.74) is 2.73. The highest BCUT2D eigenvalue weighted by molar-refractivity contribution is 5.85. The molecule has 1 aromatic carbocycles. The van der Waals surface area contributed by atoms with Crippen LogP contribution in [0.5, 0.6) is 0 Å². The molecule has 0 spiro atoms. The quantitative estimate of drug-likeness (QED) is 0.907. The number of nitrogens with zero attached hydrogens (tertiary/aromatic N) is 1. The molecule has 2 nitrogen and oxygen atoms in total. The van der Waals surface area contributed by atoms with Crippen molar-refractivity contribution in [2.24, 2.45) is 5.92 Å². The second-order valence-electron chi connectivity index (χ2n) is 5.78. The molecule has 1 N–H and O–H groups in total. The van der Waals surface area contributed by atoms with Crippen molar-refractivity contribution >= 4 is 18.1 Å². The summed E-state index contributed by atoms with van der Waals surface area (Å²) in [6.07, 6.45) is 2.63. The number of anilines is 1. The molecule has 0 aliphatic carbocycles. The van der Waals surface area contributed by atoms with Crippen LogP contribution in [0.15, 0.2) is 24.3 Å². The maximum Gasteiger partial charge on any atom is 0.0371 e. The largest absolute Gasteiger partial charge is 0.369 e. The molecule has 0 aromatic heterocycles. The van der Waals surface area contributed by atoms with Gasteiger partial charge in [-0.25, -0.2) is 0 Å². The molecule has 0 bridgehead atoms. The van der Waals surface area contributed by atoms with Crippen LogP contribution in [-0.2, 0) is 0 Å². The maximum absolute atomic E-state index is 3.45. The molecule has 108 valence electrons. The summed E-state index contributed by atoms with van der Waals surface area (Å²) in [7, 11) is 0. The molecule has 0 amide bonds. The predicted octanol–water partition coefficient (Wildman–Crippen LogP) is 3.63. The van der Waals surface area contributed by atoms with Crippen LogP contribution in [0.1, 0.15) is 32.3 Å². The van der Waals surface area contributed by atoms with E-state index in [2.05, 4.69) is 55.3 Å². The first-order valence-electron chi connectivity index (χ1n) is 7.21. The Morgan fingerprint density at radius 3 is 2.53 bits per heavy atom. The molecule has 1 aromatic rings. The molecule has 1 aliphatic heterocycles. The number of rotatable bonds is 4. The molecule has 0 saturated carbocycles. The fourth-order valence-corrected chi connectivity index (χ4v) is 2.76. The van der Waals surface area contributed by atoms with Gasteiger partial charge in [0, 0.05) is 18.3 Å². The van der Waals surface area contributed by atoms with Gasteiger partial charge in [-0.05, 0) is 70.3 Å². The highest BCUT2D eigenvalue weighted by Gasteiger charge is 2.19. The Bertz CT molecular complexity index is 373. The topological polar surface area (TPSA) is 15.3 Å². The van der Waals surface area contributed by atoms with Crippen LogP contribution in [0.25, 0.3) is 0 Å². The van der Waals surface area contributed by atoms with Gasteiger partial charge in [0.05, 0.1) is 0 Å². The Hall–Kier alpha value is -0.730. The number of benzene rings is 1. The van der Waals surface area contributed by atoms with Gasteiger partial charge in [0.1, 0.15) is 0 Å². The molecule has 2 rings (SSSR count). The van der Waals surface area contributed by atoms with Crippen molar-refractivity contribution in [3.05, 3.63) is 29.8 Å². The molecule has 0 unspecified atom stereocenters. The Balaban J connectivity index is 0.00000180. The Morgan fingerprint density at radius 1 is 1.26 bits per heavy atom. The van der Waals surface area contributed by atoms with E-state index in [-0.39, 0.29) is 12.4 Å². The number of piperidine rings is 1. The summed E-state index contributed by atoms with van der Waals surface area (Å²) in [5, 5.41) is 3.45. The maximum atomic E-state index is 3.45. The lowest BCUT2D eigenvalue weighted by Gasteiger charge is -2.34. The van der Waals surface area contributed by atoms with E-state index in [9.17, 15) is 0 Å². The van der Waals surface area contributed by atoms with Gasteiger partial charge in [0.2, 0.25) is 0 Å². The number of nitrogens with one attached hydrogen (secondary N) is 1. The van der Waals surface area contributed by atoms with E-state index in [1.165, 1.54) is 43.7 Å². The summed E-state index contributed by atoms with van der Waals surface area (Å²) in [5.74, 6) is 0.842. The molecule has 19 heavy (non-hydrogen) atoms. The number of hydrogen-bond donors (Lipinski definition) is 1. The molecule has 1 fully saturated rings. The Morgan fingerprint density at radius 2 is 1.95 bits per heavy atom. The third-order valence-electron chi connectivity index (χ3n) is 3.87. The van der Waals surface area contributed by atoms with Crippen LogP contribution in [-0.4, -0.2) is 25.7 Å². The van der Waals surface area contributed by atoms with Gasteiger partial charge in [-0.3, -0.25) is 0 Å². The molecular weight excluding hydrogens is 256 g/mol. The first kappa shape index (κ1) is 16.3. The van der Waals surface area contributed by atoms with Crippen LogP contribution in [0.4, 0.5) is 5.69 Å². The average Bonchev–Trinajstić information content (AvgIpc) is 2.37. The van der Waals surface area contributed by atoms with Gasteiger partial charge in [-0.15, -0.1) is 12.4 Å². The lowest BCUT2D eigenvalue weighted by molar-refractivity contribution is 0.368. The SMILES string of the molecule is Cc1cccc(N(CC2CCNCC2)C(C)C)c1.Cl. The van der Waals surface area contributed by atoms with Crippen LogP contribution in [0.3, 0.4) is 0 Å². The van der Waals surface area contributed by atoms with Crippen molar-refractivity contribution in [3.8, 4) is 0 Å². The Labute approximate surface area is 124 Å². The van der Waals surface area contributed by atoms with Gasteiger partial charge < -0.3 is 10.2 Å². The van der Waals surface area contributed by atoms with Gasteiger partial charge >= 0.3 is 0 Å². The zero-order valence-corrected chi connectivity index (χ0v) is 13.2. The Kier molecular flexibility index (Phi) is 6.67. The normalized spacial score (nSPS) is 16.2. The molecule has 0 atom stereocenters. The van der Waals surface area contributed by atoms with Crippen molar-refractivity contribution in [1.82, 2.24) is 5.32 Å². The van der Waals surface area contributed by atoms with Crippen LogP contribution in [0, 0.1) is 12.8 Å². The summed E-state index contributed by atoms with van der Waals surface area (Å²) in [6, 6.07) is 9.46. The minimum Gasteiger partial charge on any atom is -0.369 e. The number of hydrogen-bond acceptors (Lipinski definition) is 2. The molecular formula is C16H27ClN2.